The Morgan fingerprint density at radius 1 is 1.05 bits per heavy atom. The average Bonchev–Trinajstić information content (AvgIpc) is 3.07. The van der Waals surface area contributed by atoms with Crippen LogP contribution in [0.1, 0.15) is 62.7 Å². The molecule has 0 aliphatic rings. The first-order valence-electron chi connectivity index (χ1n) is 12.3. The number of ether oxygens (including phenoxy) is 2. The molecule has 0 aliphatic heterocycles. The fourth-order valence-corrected chi connectivity index (χ4v) is 4.41. The Morgan fingerprint density at radius 3 is 2.27 bits per heavy atom. The summed E-state index contributed by atoms with van der Waals surface area (Å²) in [5, 5.41) is 4.04. The molecule has 3 rings (SSSR count). The predicted octanol–water partition coefficient (Wildman–Crippen LogP) is 6.35. The van der Waals surface area contributed by atoms with Gasteiger partial charge in [-0.1, -0.05) is 25.4 Å². The number of carbonyl (C=O) groups is 3. The third kappa shape index (κ3) is 6.92. The predicted molar refractivity (Wildman–Crippen MR) is 146 cm³/mol. The summed E-state index contributed by atoms with van der Waals surface area (Å²) in [7, 11) is 1.57. The number of halogens is 1. The highest BCUT2D eigenvalue weighted by molar-refractivity contribution is 6.30. The Kier molecular flexibility index (Phi) is 8.69. The zero-order chi connectivity index (χ0) is 27.5. The smallest absolute Gasteiger partial charge is 0.408 e. The fraction of sp³-hybridized carbons (Fsp3) is 0.414. The number of aromatic nitrogens is 1. The number of alkyl carbamates (subject to hydrolysis) is 1. The van der Waals surface area contributed by atoms with Gasteiger partial charge in [0.25, 0.3) is 5.91 Å². The zero-order valence-corrected chi connectivity index (χ0v) is 23.2. The molecule has 0 unspecified atom stereocenters. The second-order valence-corrected chi connectivity index (χ2v) is 11.0. The number of methoxy groups -OCH3 is 1. The maximum atomic E-state index is 13.6. The highest BCUT2D eigenvalue weighted by Crippen LogP contribution is 2.31. The number of ketones is 1. The largest absolute Gasteiger partial charge is 0.497 e. The van der Waals surface area contributed by atoms with E-state index >= 15 is 0 Å². The molecular weight excluding hydrogens is 492 g/mol. The summed E-state index contributed by atoms with van der Waals surface area (Å²) in [6, 6.07) is 11.4. The van der Waals surface area contributed by atoms with Crippen LogP contribution in [0.3, 0.4) is 0 Å². The number of hydrogen-bond acceptors (Lipinski definition) is 5. The van der Waals surface area contributed by atoms with Crippen molar-refractivity contribution in [2.24, 2.45) is 5.92 Å². The van der Waals surface area contributed by atoms with E-state index in [9.17, 15) is 14.4 Å². The molecule has 1 N–H and O–H groups in total. The third-order valence-electron chi connectivity index (χ3n) is 5.97. The number of rotatable bonds is 8. The second kappa shape index (κ2) is 11.4. The number of amides is 1. The quantitative estimate of drug-likeness (QED) is 0.369. The van der Waals surface area contributed by atoms with E-state index in [0.717, 1.165) is 5.39 Å². The molecule has 1 aromatic heterocycles. The lowest BCUT2D eigenvalue weighted by molar-refractivity contribution is -0.120. The molecule has 7 nitrogen and oxygen atoms in total. The van der Waals surface area contributed by atoms with E-state index in [0.29, 0.717) is 39.5 Å². The van der Waals surface area contributed by atoms with Crippen molar-refractivity contribution in [3.05, 3.63) is 64.3 Å². The lowest BCUT2D eigenvalue weighted by atomic mass is 9.95. The molecule has 0 radical (unpaired) electrons. The topological polar surface area (TPSA) is 86.6 Å². The molecular formula is C29H35ClN2O5. The maximum absolute atomic E-state index is 13.6. The number of carbonyl (C=O) groups excluding carboxylic acids is 3. The van der Waals surface area contributed by atoms with E-state index in [2.05, 4.69) is 5.32 Å². The summed E-state index contributed by atoms with van der Waals surface area (Å²) >= 11 is 6.01. The van der Waals surface area contributed by atoms with Crippen LogP contribution in [-0.2, 0) is 16.0 Å². The minimum absolute atomic E-state index is 0.0313. The van der Waals surface area contributed by atoms with E-state index in [1.807, 2.05) is 32.9 Å². The normalized spacial score (nSPS) is 12.5. The summed E-state index contributed by atoms with van der Waals surface area (Å²) in [5.41, 5.74) is 1.82. The Labute approximate surface area is 223 Å². The fourth-order valence-electron chi connectivity index (χ4n) is 4.29. The summed E-state index contributed by atoms with van der Waals surface area (Å²) in [5.74, 6) is 0.387. The minimum atomic E-state index is -0.731. The third-order valence-corrected chi connectivity index (χ3v) is 6.23. The van der Waals surface area contributed by atoms with Gasteiger partial charge < -0.3 is 14.8 Å². The molecule has 0 bridgehead atoms. The van der Waals surface area contributed by atoms with Gasteiger partial charge in [-0.05, 0) is 88.1 Å². The van der Waals surface area contributed by atoms with Gasteiger partial charge in [0.1, 0.15) is 11.4 Å². The van der Waals surface area contributed by atoms with Crippen LogP contribution in [0.25, 0.3) is 10.9 Å². The van der Waals surface area contributed by atoms with Gasteiger partial charge in [0.15, 0.2) is 5.78 Å². The van der Waals surface area contributed by atoms with Crippen molar-refractivity contribution >= 4 is 40.3 Å². The Hall–Kier alpha value is -3.32. The molecule has 1 atom stereocenters. The molecule has 0 saturated heterocycles. The zero-order valence-electron chi connectivity index (χ0n) is 22.5. The molecule has 3 aromatic rings. The number of nitrogens with one attached hydrogen (secondary N) is 1. The number of hydrogen-bond donors (Lipinski definition) is 1. The van der Waals surface area contributed by atoms with Crippen LogP contribution in [0.15, 0.2) is 42.5 Å². The van der Waals surface area contributed by atoms with Crippen LogP contribution < -0.4 is 10.1 Å². The standard InChI is InChI=1S/C29H35ClN2O5/c1-17(2)14-24(31-28(35)37-29(4,5)6)26(33)16-22-18(3)32(25-13-12-21(36-7)15-23(22)25)27(34)19-8-10-20(30)11-9-19/h8-13,15,17,24H,14,16H2,1-7H3,(H,31,35)/t24-/m0/s1. The highest BCUT2D eigenvalue weighted by Gasteiger charge is 2.28. The van der Waals surface area contributed by atoms with E-state index in [-0.39, 0.29) is 24.0 Å². The molecule has 1 heterocycles. The molecule has 2 aromatic carbocycles. The van der Waals surface area contributed by atoms with Crippen LogP contribution >= 0.6 is 11.6 Å². The molecule has 0 saturated carbocycles. The molecule has 0 fully saturated rings. The Bertz CT molecular complexity index is 1300. The SMILES string of the molecule is COc1ccc2c(c1)c(CC(=O)[C@H](CC(C)C)NC(=O)OC(C)(C)C)c(C)n2C(=O)c1ccc(Cl)cc1. The first-order chi connectivity index (χ1) is 17.3. The monoisotopic (exact) mass is 526 g/mol. The van der Waals surface area contributed by atoms with Crippen LogP contribution in [0, 0.1) is 12.8 Å². The summed E-state index contributed by atoms with van der Waals surface area (Å²) in [6.45, 7) is 11.1. The summed E-state index contributed by atoms with van der Waals surface area (Å²) in [4.78, 5) is 39.6. The van der Waals surface area contributed by atoms with Crippen molar-refractivity contribution in [3.63, 3.8) is 0 Å². The van der Waals surface area contributed by atoms with E-state index < -0.39 is 17.7 Å². The molecule has 1 amide bonds. The van der Waals surface area contributed by atoms with Crippen LogP contribution in [-0.4, -0.2) is 41.1 Å². The van der Waals surface area contributed by atoms with Gasteiger partial charge in [-0.2, -0.15) is 0 Å². The molecule has 37 heavy (non-hydrogen) atoms. The molecule has 0 spiro atoms. The maximum Gasteiger partial charge on any atom is 0.408 e. The number of benzene rings is 2. The molecule has 0 aliphatic carbocycles. The Balaban J connectivity index is 2.03. The van der Waals surface area contributed by atoms with E-state index in [4.69, 9.17) is 21.1 Å². The first kappa shape index (κ1) is 28.3. The molecule has 198 valence electrons. The van der Waals surface area contributed by atoms with Crippen molar-refractivity contribution in [2.45, 2.75) is 66.0 Å². The second-order valence-electron chi connectivity index (χ2n) is 10.6. The van der Waals surface area contributed by atoms with Gasteiger partial charge in [0, 0.05) is 28.1 Å². The lowest BCUT2D eigenvalue weighted by Gasteiger charge is -2.24. The van der Waals surface area contributed by atoms with Crippen molar-refractivity contribution in [3.8, 4) is 5.75 Å². The van der Waals surface area contributed by atoms with Gasteiger partial charge in [0.05, 0.1) is 18.7 Å². The van der Waals surface area contributed by atoms with Crippen LogP contribution in [0.2, 0.25) is 5.02 Å². The van der Waals surface area contributed by atoms with Gasteiger partial charge in [0.2, 0.25) is 0 Å². The highest BCUT2D eigenvalue weighted by atomic mass is 35.5. The van der Waals surface area contributed by atoms with Crippen molar-refractivity contribution < 1.29 is 23.9 Å². The number of nitrogens with zero attached hydrogens (tertiary/aromatic N) is 1. The summed E-state index contributed by atoms with van der Waals surface area (Å²) in [6.07, 6.45) is -0.142. The lowest BCUT2D eigenvalue weighted by Crippen LogP contribution is -2.44. The minimum Gasteiger partial charge on any atom is -0.497 e. The van der Waals surface area contributed by atoms with Crippen LogP contribution in [0.4, 0.5) is 4.79 Å². The van der Waals surface area contributed by atoms with Gasteiger partial charge in [-0.15, -0.1) is 0 Å². The van der Waals surface area contributed by atoms with Gasteiger partial charge in [-0.25, -0.2) is 4.79 Å². The van der Waals surface area contributed by atoms with Crippen molar-refractivity contribution in [1.82, 2.24) is 9.88 Å². The number of Topliss-reactive ketones (excluding diaryl/α,β-unsaturated/α-hetero) is 1. The average molecular weight is 527 g/mol. The van der Waals surface area contributed by atoms with Crippen LogP contribution in [0.5, 0.6) is 5.75 Å². The van der Waals surface area contributed by atoms with Crippen molar-refractivity contribution in [2.75, 3.05) is 7.11 Å². The Morgan fingerprint density at radius 2 is 1.70 bits per heavy atom. The van der Waals surface area contributed by atoms with E-state index in [1.54, 1.807) is 62.8 Å². The molecule has 8 heteroatoms. The number of fused-ring (bicyclic) bond motifs is 1. The van der Waals surface area contributed by atoms with E-state index in [1.165, 1.54) is 0 Å². The van der Waals surface area contributed by atoms with Crippen molar-refractivity contribution in [1.29, 1.82) is 0 Å². The first-order valence-corrected chi connectivity index (χ1v) is 12.7. The van der Waals surface area contributed by atoms with Gasteiger partial charge >= 0.3 is 6.09 Å². The van der Waals surface area contributed by atoms with Gasteiger partial charge in [-0.3, -0.25) is 14.2 Å². The summed E-state index contributed by atoms with van der Waals surface area (Å²) < 4.78 is 12.4.